The van der Waals surface area contributed by atoms with Gasteiger partial charge in [-0.15, -0.1) is 0 Å². The van der Waals surface area contributed by atoms with E-state index in [0.29, 0.717) is 0 Å². The fraction of sp³-hybridized carbons (Fsp3) is 0.368. The third-order valence-electron chi connectivity index (χ3n) is 3.85. The van der Waals surface area contributed by atoms with Gasteiger partial charge in [0, 0.05) is 6.04 Å². The molecule has 0 amide bonds. The van der Waals surface area contributed by atoms with Crippen LogP contribution in [0.1, 0.15) is 42.9 Å². The van der Waals surface area contributed by atoms with E-state index in [0.717, 1.165) is 24.2 Å². The molecule has 1 unspecified atom stereocenters. The van der Waals surface area contributed by atoms with Crippen molar-refractivity contribution in [2.45, 2.75) is 38.1 Å². The zero-order chi connectivity index (χ0) is 14.9. The van der Waals surface area contributed by atoms with Crippen molar-refractivity contribution in [1.29, 1.82) is 0 Å². The minimum absolute atomic E-state index is 0.108. The molecule has 2 rings (SSSR count). The van der Waals surface area contributed by atoms with Crippen LogP contribution in [-0.2, 0) is 6.42 Å². The smallest absolute Gasteiger partial charge is 0.119 e. The maximum atomic E-state index is 6.26. The fourth-order valence-corrected chi connectivity index (χ4v) is 2.55. The highest BCUT2D eigenvalue weighted by atomic mass is 16.5. The van der Waals surface area contributed by atoms with Crippen LogP contribution in [-0.4, -0.2) is 7.11 Å². The molecule has 0 heterocycles. The molecule has 0 aliphatic heterocycles. The van der Waals surface area contributed by atoms with Gasteiger partial charge in [-0.05, 0) is 42.5 Å². The molecular formula is C19H25NO. The van der Waals surface area contributed by atoms with Crippen LogP contribution >= 0.6 is 0 Å². The molecule has 2 aromatic carbocycles. The van der Waals surface area contributed by atoms with Crippen molar-refractivity contribution < 1.29 is 4.74 Å². The minimum atomic E-state index is 0.108. The molecule has 0 saturated heterocycles. The molecule has 1 atom stereocenters. The SMILES string of the molecule is COc1cccc(C(N)CCCCCc2ccccc2)c1. The average Bonchev–Trinajstić information content (AvgIpc) is 2.55. The fourth-order valence-electron chi connectivity index (χ4n) is 2.55. The zero-order valence-electron chi connectivity index (χ0n) is 12.8. The van der Waals surface area contributed by atoms with Crippen molar-refractivity contribution in [2.75, 3.05) is 7.11 Å². The van der Waals surface area contributed by atoms with E-state index in [2.05, 4.69) is 36.4 Å². The number of ether oxygens (including phenoxy) is 1. The highest BCUT2D eigenvalue weighted by Crippen LogP contribution is 2.21. The van der Waals surface area contributed by atoms with E-state index < -0.39 is 0 Å². The predicted molar refractivity (Wildman–Crippen MR) is 88.5 cm³/mol. The highest BCUT2D eigenvalue weighted by molar-refractivity contribution is 5.30. The van der Waals surface area contributed by atoms with Gasteiger partial charge in [0.15, 0.2) is 0 Å². The molecule has 0 aliphatic carbocycles. The summed E-state index contributed by atoms with van der Waals surface area (Å²) in [7, 11) is 1.69. The Morgan fingerprint density at radius 2 is 1.76 bits per heavy atom. The lowest BCUT2D eigenvalue weighted by molar-refractivity contribution is 0.413. The number of unbranched alkanes of at least 4 members (excludes halogenated alkanes) is 2. The van der Waals surface area contributed by atoms with Crippen LogP contribution < -0.4 is 10.5 Å². The van der Waals surface area contributed by atoms with Gasteiger partial charge >= 0.3 is 0 Å². The first-order valence-corrected chi connectivity index (χ1v) is 7.73. The predicted octanol–water partition coefficient (Wildman–Crippen LogP) is 4.50. The van der Waals surface area contributed by atoms with Gasteiger partial charge in [-0.1, -0.05) is 55.3 Å². The molecule has 2 heteroatoms. The van der Waals surface area contributed by atoms with Crippen LogP contribution in [0.25, 0.3) is 0 Å². The molecule has 2 N–H and O–H groups in total. The highest BCUT2D eigenvalue weighted by Gasteiger charge is 2.06. The van der Waals surface area contributed by atoms with E-state index in [1.165, 1.54) is 24.8 Å². The molecule has 0 fully saturated rings. The number of methoxy groups -OCH3 is 1. The van der Waals surface area contributed by atoms with Crippen molar-refractivity contribution in [1.82, 2.24) is 0 Å². The lowest BCUT2D eigenvalue weighted by Crippen LogP contribution is -2.10. The Balaban J connectivity index is 1.68. The number of rotatable bonds is 8. The van der Waals surface area contributed by atoms with Crippen molar-refractivity contribution in [3.05, 3.63) is 65.7 Å². The minimum Gasteiger partial charge on any atom is -0.497 e. The Morgan fingerprint density at radius 1 is 0.952 bits per heavy atom. The summed E-state index contributed by atoms with van der Waals surface area (Å²) in [4.78, 5) is 0. The van der Waals surface area contributed by atoms with Crippen LogP contribution in [0.3, 0.4) is 0 Å². The maximum absolute atomic E-state index is 6.26. The number of nitrogens with two attached hydrogens (primary N) is 1. The largest absolute Gasteiger partial charge is 0.497 e. The number of hydrogen-bond donors (Lipinski definition) is 1. The normalized spacial score (nSPS) is 12.1. The molecule has 2 aromatic rings. The second-order valence-corrected chi connectivity index (χ2v) is 5.47. The van der Waals surface area contributed by atoms with Gasteiger partial charge in [0.25, 0.3) is 0 Å². The van der Waals surface area contributed by atoms with E-state index in [9.17, 15) is 0 Å². The molecule has 112 valence electrons. The summed E-state index contributed by atoms with van der Waals surface area (Å²) in [6, 6.07) is 18.9. The Hall–Kier alpha value is -1.80. The third-order valence-corrected chi connectivity index (χ3v) is 3.85. The Bertz CT molecular complexity index is 524. The molecule has 0 aliphatic rings. The van der Waals surface area contributed by atoms with Crippen molar-refractivity contribution in [2.24, 2.45) is 5.73 Å². The lowest BCUT2D eigenvalue weighted by Gasteiger charge is -2.13. The Morgan fingerprint density at radius 3 is 2.52 bits per heavy atom. The van der Waals surface area contributed by atoms with Crippen LogP contribution in [0, 0.1) is 0 Å². The molecule has 0 bridgehead atoms. The van der Waals surface area contributed by atoms with Crippen molar-refractivity contribution in [3.63, 3.8) is 0 Å². The summed E-state index contributed by atoms with van der Waals surface area (Å²) in [5.41, 5.74) is 8.85. The summed E-state index contributed by atoms with van der Waals surface area (Å²) in [5.74, 6) is 0.882. The topological polar surface area (TPSA) is 35.2 Å². The number of benzene rings is 2. The van der Waals surface area contributed by atoms with E-state index in [-0.39, 0.29) is 6.04 Å². The van der Waals surface area contributed by atoms with Crippen LogP contribution in [0.2, 0.25) is 0 Å². The summed E-state index contributed by atoms with van der Waals surface area (Å²) in [6.07, 6.45) is 5.82. The average molecular weight is 283 g/mol. The van der Waals surface area contributed by atoms with Crippen molar-refractivity contribution >= 4 is 0 Å². The quantitative estimate of drug-likeness (QED) is 0.724. The first-order chi connectivity index (χ1) is 10.3. The number of aryl methyl sites for hydroxylation is 1. The van der Waals surface area contributed by atoms with Gasteiger partial charge in [-0.2, -0.15) is 0 Å². The zero-order valence-corrected chi connectivity index (χ0v) is 12.8. The monoisotopic (exact) mass is 283 g/mol. The van der Waals surface area contributed by atoms with Crippen molar-refractivity contribution in [3.8, 4) is 5.75 Å². The van der Waals surface area contributed by atoms with Gasteiger partial charge in [0.1, 0.15) is 5.75 Å². The third kappa shape index (κ3) is 5.24. The first-order valence-electron chi connectivity index (χ1n) is 7.73. The van der Waals surface area contributed by atoms with Gasteiger partial charge in [-0.3, -0.25) is 0 Å². The standard InChI is InChI=1S/C19H25NO/c1-21-18-13-8-12-17(15-18)19(20)14-7-3-6-11-16-9-4-2-5-10-16/h2,4-5,8-10,12-13,15,19H,3,6-7,11,14,20H2,1H3. The molecule has 0 saturated carbocycles. The molecule has 2 nitrogen and oxygen atoms in total. The first kappa shape index (κ1) is 15.6. The van der Waals surface area contributed by atoms with Crippen LogP contribution in [0.5, 0.6) is 5.75 Å². The Labute approximate surface area is 127 Å². The lowest BCUT2D eigenvalue weighted by atomic mass is 9.99. The van der Waals surface area contributed by atoms with Crippen LogP contribution in [0.15, 0.2) is 54.6 Å². The number of hydrogen-bond acceptors (Lipinski definition) is 2. The molecule has 0 aromatic heterocycles. The summed E-state index contributed by atoms with van der Waals surface area (Å²) in [5, 5.41) is 0. The van der Waals surface area contributed by atoms with E-state index >= 15 is 0 Å². The second-order valence-electron chi connectivity index (χ2n) is 5.47. The van der Waals surface area contributed by atoms with Crippen LogP contribution in [0.4, 0.5) is 0 Å². The van der Waals surface area contributed by atoms with E-state index in [1.54, 1.807) is 7.11 Å². The summed E-state index contributed by atoms with van der Waals surface area (Å²) in [6.45, 7) is 0. The molecule has 0 radical (unpaired) electrons. The second kappa shape index (κ2) is 8.48. The molecule has 0 spiro atoms. The Kier molecular flexibility index (Phi) is 6.29. The van der Waals surface area contributed by atoms with E-state index in [4.69, 9.17) is 10.5 Å². The van der Waals surface area contributed by atoms with Gasteiger partial charge in [0.2, 0.25) is 0 Å². The van der Waals surface area contributed by atoms with E-state index in [1.807, 2.05) is 18.2 Å². The van der Waals surface area contributed by atoms with Gasteiger partial charge < -0.3 is 10.5 Å². The molecule has 21 heavy (non-hydrogen) atoms. The summed E-state index contributed by atoms with van der Waals surface area (Å²) >= 11 is 0. The van der Waals surface area contributed by atoms with Gasteiger partial charge in [0.05, 0.1) is 7.11 Å². The van der Waals surface area contributed by atoms with Gasteiger partial charge in [-0.25, -0.2) is 0 Å². The molecular weight excluding hydrogens is 258 g/mol. The summed E-state index contributed by atoms with van der Waals surface area (Å²) < 4.78 is 5.24. The maximum Gasteiger partial charge on any atom is 0.119 e.